The van der Waals surface area contributed by atoms with E-state index in [-0.39, 0.29) is 0 Å². The van der Waals surface area contributed by atoms with Gasteiger partial charge in [0, 0.05) is 45.5 Å². The van der Waals surface area contributed by atoms with Gasteiger partial charge in [-0.15, -0.1) is 0 Å². The van der Waals surface area contributed by atoms with E-state index in [0.29, 0.717) is 12.5 Å². The highest BCUT2D eigenvalue weighted by atomic mass is 16.2. The topological polar surface area (TPSA) is 39.7 Å². The number of nitrogens with zero attached hydrogens (tertiary/aromatic N) is 4. The molecule has 1 amide bonds. The maximum atomic E-state index is 12.3. The highest BCUT2D eigenvalue weighted by Gasteiger charge is 2.23. The monoisotopic (exact) mass is 288 g/mol. The quantitative estimate of drug-likeness (QED) is 0.838. The summed E-state index contributed by atoms with van der Waals surface area (Å²) in [7, 11) is 0. The molecule has 5 heteroatoms. The van der Waals surface area contributed by atoms with Crippen LogP contribution in [0.2, 0.25) is 0 Å². The van der Waals surface area contributed by atoms with E-state index in [1.165, 1.54) is 19.3 Å². The Kier molecular flexibility index (Phi) is 4.70. The third-order valence-corrected chi connectivity index (χ3v) is 4.41. The van der Waals surface area contributed by atoms with Crippen molar-refractivity contribution in [2.75, 3.05) is 50.7 Å². The Hall–Kier alpha value is -1.62. The lowest BCUT2D eigenvalue weighted by molar-refractivity contribution is -0.133. The Morgan fingerprint density at radius 1 is 1.00 bits per heavy atom. The largest absolute Gasteiger partial charge is 0.354 e. The molecule has 0 N–H and O–H groups in total. The van der Waals surface area contributed by atoms with Gasteiger partial charge in [-0.1, -0.05) is 6.07 Å². The number of carbonyl (C=O) groups is 1. The molecule has 0 saturated carbocycles. The molecule has 1 aromatic heterocycles. The molecule has 0 aromatic carbocycles. The van der Waals surface area contributed by atoms with Crippen molar-refractivity contribution in [2.24, 2.45) is 0 Å². The fraction of sp³-hybridized carbons (Fsp3) is 0.625. The van der Waals surface area contributed by atoms with Gasteiger partial charge >= 0.3 is 0 Å². The average Bonchev–Trinajstić information content (AvgIpc) is 2.57. The molecule has 0 spiro atoms. The first-order valence-electron chi connectivity index (χ1n) is 7.99. The fourth-order valence-corrected chi connectivity index (χ4v) is 3.11. The maximum Gasteiger partial charge on any atom is 0.236 e. The number of aromatic nitrogens is 1. The summed E-state index contributed by atoms with van der Waals surface area (Å²) < 4.78 is 0. The van der Waals surface area contributed by atoms with Crippen molar-refractivity contribution in [1.82, 2.24) is 14.8 Å². The van der Waals surface area contributed by atoms with Gasteiger partial charge in [0.1, 0.15) is 5.82 Å². The minimum absolute atomic E-state index is 0.306. The van der Waals surface area contributed by atoms with Crippen LogP contribution in [0.15, 0.2) is 24.4 Å². The lowest BCUT2D eigenvalue weighted by Crippen LogP contribution is -2.50. The van der Waals surface area contributed by atoms with Crippen molar-refractivity contribution >= 4 is 11.7 Å². The Labute approximate surface area is 126 Å². The van der Waals surface area contributed by atoms with E-state index in [2.05, 4.69) is 20.9 Å². The first-order chi connectivity index (χ1) is 10.3. The van der Waals surface area contributed by atoms with Crippen LogP contribution in [0.5, 0.6) is 0 Å². The highest BCUT2D eigenvalue weighted by Crippen LogP contribution is 2.13. The van der Waals surface area contributed by atoms with E-state index in [4.69, 9.17) is 0 Å². The molecule has 1 aromatic rings. The second-order valence-electron chi connectivity index (χ2n) is 5.89. The summed E-state index contributed by atoms with van der Waals surface area (Å²) >= 11 is 0. The molecule has 21 heavy (non-hydrogen) atoms. The first-order valence-corrected chi connectivity index (χ1v) is 7.99. The van der Waals surface area contributed by atoms with Crippen molar-refractivity contribution in [3.8, 4) is 0 Å². The van der Waals surface area contributed by atoms with Crippen LogP contribution in [0, 0.1) is 0 Å². The van der Waals surface area contributed by atoms with E-state index < -0.39 is 0 Å². The molecule has 114 valence electrons. The molecule has 2 saturated heterocycles. The molecule has 0 radical (unpaired) electrons. The first kappa shape index (κ1) is 14.3. The number of amides is 1. The van der Waals surface area contributed by atoms with E-state index in [9.17, 15) is 4.79 Å². The molecular formula is C16H24N4O. The van der Waals surface area contributed by atoms with Crippen molar-refractivity contribution in [1.29, 1.82) is 0 Å². The molecule has 0 bridgehead atoms. The van der Waals surface area contributed by atoms with Crippen molar-refractivity contribution in [2.45, 2.75) is 19.3 Å². The molecule has 3 rings (SSSR count). The van der Waals surface area contributed by atoms with Crippen LogP contribution in [-0.2, 0) is 4.79 Å². The molecule has 5 nitrogen and oxygen atoms in total. The predicted molar refractivity (Wildman–Crippen MR) is 83.3 cm³/mol. The third kappa shape index (κ3) is 3.73. The number of carbonyl (C=O) groups excluding carboxylic acids is 1. The van der Waals surface area contributed by atoms with Gasteiger partial charge in [0.05, 0.1) is 6.54 Å². The van der Waals surface area contributed by atoms with Crippen LogP contribution in [0.25, 0.3) is 0 Å². The molecule has 2 aliphatic heterocycles. The molecule has 2 fully saturated rings. The normalized spacial score (nSPS) is 20.6. The number of rotatable bonds is 3. The smallest absolute Gasteiger partial charge is 0.236 e. The third-order valence-electron chi connectivity index (χ3n) is 4.41. The summed E-state index contributed by atoms with van der Waals surface area (Å²) in [5.74, 6) is 1.35. The van der Waals surface area contributed by atoms with Gasteiger partial charge in [-0.3, -0.25) is 9.69 Å². The molecule has 0 aliphatic carbocycles. The van der Waals surface area contributed by atoms with Gasteiger partial charge in [-0.05, 0) is 31.4 Å². The van der Waals surface area contributed by atoms with Crippen molar-refractivity contribution in [3.63, 3.8) is 0 Å². The van der Waals surface area contributed by atoms with Crippen molar-refractivity contribution in [3.05, 3.63) is 24.4 Å². The number of hydrogen-bond acceptors (Lipinski definition) is 4. The summed E-state index contributed by atoms with van der Waals surface area (Å²) in [6.07, 6.45) is 5.44. The summed E-state index contributed by atoms with van der Waals surface area (Å²) in [5, 5.41) is 0. The summed E-state index contributed by atoms with van der Waals surface area (Å²) in [5.41, 5.74) is 0. The van der Waals surface area contributed by atoms with Gasteiger partial charge in [0.2, 0.25) is 5.91 Å². The zero-order valence-electron chi connectivity index (χ0n) is 12.6. The van der Waals surface area contributed by atoms with Gasteiger partial charge in [-0.2, -0.15) is 0 Å². The van der Waals surface area contributed by atoms with Crippen LogP contribution < -0.4 is 4.90 Å². The SMILES string of the molecule is O=C(CN1CCN(c2ccccn2)CC1)N1CCCCC1. The zero-order valence-corrected chi connectivity index (χ0v) is 12.6. The number of pyridine rings is 1. The van der Waals surface area contributed by atoms with Crippen LogP contribution in [0.3, 0.4) is 0 Å². The van der Waals surface area contributed by atoms with Gasteiger partial charge in [0.15, 0.2) is 0 Å². The molecule has 0 atom stereocenters. The lowest BCUT2D eigenvalue weighted by Gasteiger charge is -2.36. The summed E-state index contributed by atoms with van der Waals surface area (Å²) in [6.45, 7) is 6.26. The van der Waals surface area contributed by atoms with Crippen molar-refractivity contribution < 1.29 is 4.79 Å². The number of anilines is 1. The Morgan fingerprint density at radius 3 is 2.43 bits per heavy atom. The number of piperidine rings is 1. The van der Waals surface area contributed by atoms with E-state index in [0.717, 1.165) is 45.1 Å². The average molecular weight is 288 g/mol. The molecule has 2 aliphatic rings. The number of hydrogen-bond donors (Lipinski definition) is 0. The molecular weight excluding hydrogens is 264 g/mol. The van der Waals surface area contributed by atoms with Gasteiger partial charge in [0.25, 0.3) is 0 Å². The Bertz CT molecular complexity index is 451. The Morgan fingerprint density at radius 2 is 1.76 bits per heavy atom. The van der Waals surface area contributed by atoms with E-state index in [1.54, 1.807) is 0 Å². The second kappa shape index (κ2) is 6.89. The second-order valence-corrected chi connectivity index (χ2v) is 5.89. The zero-order chi connectivity index (χ0) is 14.5. The minimum Gasteiger partial charge on any atom is -0.354 e. The van der Waals surface area contributed by atoms with Gasteiger partial charge < -0.3 is 9.80 Å². The van der Waals surface area contributed by atoms with Crippen LogP contribution >= 0.6 is 0 Å². The highest BCUT2D eigenvalue weighted by molar-refractivity contribution is 5.78. The van der Waals surface area contributed by atoms with Crippen LogP contribution in [0.4, 0.5) is 5.82 Å². The number of piperazine rings is 1. The predicted octanol–water partition coefficient (Wildman–Crippen LogP) is 1.22. The standard InChI is InChI=1S/C16H24N4O/c21-16(20-8-4-1-5-9-20)14-18-10-12-19(13-11-18)15-6-2-3-7-17-15/h2-3,6-7H,1,4-5,8-14H2. The van der Waals surface area contributed by atoms with E-state index in [1.807, 2.05) is 23.2 Å². The van der Waals surface area contributed by atoms with Crippen LogP contribution in [-0.4, -0.2) is 66.5 Å². The molecule has 3 heterocycles. The maximum absolute atomic E-state index is 12.3. The Balaban J connectivity index is 1.46. The number of likely N-dealkylation sites (tertiary alicyclic amines) is 1. The van der Waals surface area contributed by atoms with E-state index >= 15 is 0 Å². The summed E-state index contributed by atoms with van der Waals surface area (Å²) in [4.78, 5) is 23.3. The summed E-state index contributed by atoms with van der Waals surface area (Å²) in [6, 6.07) is 6.01. The lowest BCUT2D eigenvalue weighted by atomic mass is 10.1. The molecule has 0 unspecified atom stereocenters. The minimum atomic E-state index is 0.306. The fourth-order valence-electron chi connectivity index (χ4n) is 3.11. The van der Waals surface area contributed by atoms with Gasteiger partial charge in [-0.25, -0.2) is 4.98 Å². The van der Waals surface area contributed by atoms with Crippen LogP contribution in [0.1, 0.15) is 19.3 Å².